The summed E-state index contributed by atoms with van der Waals surface area (Å²) in [7, 11) is 0. The molecular weight excluding hydrogens is 235 g/mol. The van der Waals surface area contributed by atoms with Crippen molar-refractivity contribution < 1.29 is 4.74 Å². The predicted molar refractivity (Wildman–Crippen MR) is 67.1 cm³/mol. The number of nitrogens with two attached hydrogens (primary N) is 1. The normalized spacial score (nSPS) is 31.8. The Morgan fingerprint density at radius 2 is 1.80 bits per heavy atom. The van der Waals surface area contributed by atoms with Crippen molar-refractivity contribution in [3.05, 3.63) is 0 Å². The zero-order valence-corrected chi connectivity index (χ0v) is 10.7. The quantitative estimate of drug-likeness (QED) is 0.810. The first-order valence-electron chi connectivity index (χ1n) is 5.40. The first-order chi connectivity index (χ1) is 6.34. The van der Waals surface area contributed by atoms with E-state index in [1.54, 1.807) is 0 Å². The standard InChI is InChI=1S/C10H20N2O.2ClH/c11-10-2-1-9(7-10)8-12-3-5-13-6-4-12;;/h9-10H,1-8,11H2;2*1H/t9-,10+;;/m1../s1. The zero-order valence-electron chi connectivity index (χ0n) is 9.06. The Balaban J connectivity index is 0.000000980. The van der Waals surface area contributed by atoms with E-state index in [-0.39, 0.29) is 24.8 Å². The lowest BCUT2D eigenvalue weighted by atomic mass is 10.1. The largest absolute Gasteiger partial charge is 0.379 e. The molecule has 2 fully saturated rings. The van der Waals surface area contributed by atoms with E-state index < -0.39 is 0 Å². The third-order valence-electron chi connectivity index (χ3n) is 3.20. The molecule has 0 aromatic rings. The van der Waals surface area contributed by atoms with Crippen LogP contribution in [0, 0.1) is 5.92 Å². The van der Waals surface area contributed by atoms with Crippen LogP contribution in [0.5, 0.6) is 0 Å². The van der Waals surface area contributed by atoms with E-state index in [2.05, 4.69) is 4.90 Å². The highest BCUT2D eigenvalue weighted by atomic mass is 35.5. The minimum Gasteiger partial charge on any atom is -0.379 e. The maximum absolute atomic E-state index is 5.89. The van der Waals surface area contributed by atoms with E-state index in [1.807, 2.05) is 0 Å². The van der Waals surface area contributed by atoms with Gasteiger partial charge in [-0.05, 0) is 25.2 Å². The van der Waals surface area contributed by atoms with Crippen molar-refractivity contribution in [2.24, 2.45) is 11.7 Å². The fraction of sp³-hybridized carbons (Fsp3) is 1.00. The average molecular weight is 257 g/mol. The van der Waals surface area contributed by atoms with Crippen LogP contribution in [0.15, 0.2) is 0 Å². The minimum absolute atomic E-state index is 0. The lowest BCUT2D eigenvalue weighted by Crippen LogP contribution is -2.39. The summed E-state index contributed by atoms with van der Waals surface area (Å²) in [5.41, 5.74) is 5.89. The molecule has 0 spiro atoms. The molecule has 92 valence electrons. The van der Waals surface area contributed by atoms with Gasteiger partial charge in [0.1, 0.15) is 0 Å². The lowest BCUT2D eigenvalue weighted by Gasteiger charge is -2.28. The van der Waals surface area contributed by atoms with E-state index in [4.69, 9.17) is 10.5 Å². The molecule has 2 atom stereocenters. The smallest absolute Gasteiger partial charge is 0.0594 e. The third-order valence-corrected chi connectivity index (χ3v) is 3.20. The highest BCUT2D eigenvalue weighted by Gasteiger charge is 2.24. The highest BCUT2D eigenvalue weighted by molar-refractivity contribution is 5.85. The maximum Gasteiger partial charge on any atom is 0.0594 e. The van der Waals surface area contributed by atoms with E-state index in [9.17, 15) is 0 Å². The van der Waals surface area contributed by atoms with Gasteiger partial charge in [0.25, 0.3) is 0 Å². The zero-order chi connectivity index (χ0) is 9.10. The molecule has 5 heteroatoms. The topological polar surface area (TPSA) is 38.5 Å². The second-order valence-electron chi connectivity index (χ2n) is 4.35. The van der Waals surface area contributed by atoms with Gasteiger partial charge in [-0.2, -0.15) is 0 Å². The van der Waals surface area contributed by atoms with Crippen molar-refractivity contribution in [1.82, 2.24) is 4.90 Å². The average Bonchev–Trinajstić information content (AvgIpc) is 2.53. The molecule has 0 radical (unpaired) electrons. The van der Waals surface area contributed by atoms with Gasteiger partial charge in [0.2, 0.25) is 0 Å². The number of rotatable bonds is 2. The molecule has 0 aromatic heterocycles. The predicted octanol–water partition coefficient (Wildman–Crippen LogP) is 1.29. The number of morpholine rings is 1. The second kappa shape index (κ2) is 7.69. The number of nitrogens with zero attached hydrogens (tertiary/aromatic N) is 1. The summed E-state index contributed by atoms with van der Waals surface area (Å²) in [6.45, 7) is 5.31. The molecule has 2 aliphatic rings. The molecule has 2 N–H and O–H groups in total. The van der Waals surface area contributed by atoms with Gasteiger partial charge in [0, 0.05) is 25.7 Å². The van der Waals surface area contributed by atoms with Crippen LogP contribution in [-0.4, -0.2) is 43.8 Å². The van der Waals surface area contributed by atoms with Crippen LogP contribution in [0.4, 0.5) is 0 Å². The van der Waals surface area contributed by atoms with E-state index >= 15 is 0 Å². The van der Waals surface area contributed by atoms with E-state index in [0.29, 0.717) is 6.04 Å². The Hall–Kier alpha value is 0.460. The maximum atomic E-state index is 5.89. The Kier molecular flexibility index (Phi) is 7.92. The van der Waals surface area contributed by atoms with Gasteiger partial charge < -0.3 is 10.5 Å². The Bertz CT molecular complexity index is 163. The molecule has 0 aromatic carbocycles. The molecular formula is C10H22Cl2N2O. The van der Waals surface area contributed by atoms with Crippen molar-refractivity contribution in [1.29, 1.82) is 0 Å². The molecule has 1 aliphatic heterocycles. The van der Waals surface area contributed by atoms with E-state index in [0.717, 1.165) is 32.2 Å². The number of halogens is 2. The molecule has 2 rings (SSSR count). The van der Waals surface area contributed by atoms with Gasteiger partial charge in [-0.1, -0.05) is 0 Å². The molecule has 0 bridgehead atoms. The molecule has 1 saturated carbocycles. The molecule has 1 aliphatic carbocycles. The number of ether oxygens (including phenoxy) is 1. The molecule has 0 amide bonds. The van der Waals surface area contributed by atoms with Crippen molar-refractivity contribution in [3.63, 3.8) is 0 Å². The number of hydrogen-bond donors (Lipinski definition) is 1. The SMILES string of the molecule is Cl.Cl.N[C@H]1CC[C@@H](CN2CCOCC2)C1. The van der Waals surface area contributed by atoms with Gasteiger partial charge in [-0.3, -0.25) is 4.90 Å². The van der Waals surface area contributed by atoms with Crippen LogP contribution in [0.1, 0.15) is 19.3 Å². The van der Waals surface area contributed by atoms with Gasteiger partial charge >= 0.3 is 0 Å². The summed E-state index contributed by atoms with van der Waals surface area (Å²) < 4.78 is 5.32. The van der Waals surface area contributed by atoms with Gasteiger partial charge in [-0.15, -0.1) is 24.8 Å². The first kappa shape index (κ1) is 15.5. The summed E-state index contributed by atoms with van der Waals surface area (Å²) in [6.07, 6.45) is 3.80. The van der Waals surface area contributed by atoms with Gasteiger partial charge in [0.05, 0.1) is 13.2 Å². The summed E-state index contributed by atoms with van der Waals surface area (Å²) in [4.78, 5) is 2.52. The van der Waals surface area contributed by atoms with Crippen molar-refractivity contribution >= 4 is 24.8 Å². The minimum atomic E-state index is 0. The highest BCUT2D eigenvalue weighted by Crippen LogP contribution is 2.24. The van der Waals surface area contributed by atoms with Crippen LogP contribution in [0.3, 0.4) is 0 Å². The lowest BCUT2D eigenvalue weighted by molar-refractivity contribution is 0.0310. The van der Waals surface area contributed by atoms with Crippen molar-refractivity contribution in [2.45, 2.75) is 25.3 Å². The molecule has 1 saturated heterocycles. The van der Waals surface area contributed by atoms with E-state index in [1.165, 1.54) is 25.8 Å². The Labute approximate surface area is 105 Å². The summed E-state index contributed by atoms with van der Waals surface area (Å²) in [5.74, 6) is 0.855. The Morgan fingerprint density at radius 3 is 2.33 bits per heavy atom. The summed E-state index contributed by atoms with van der Waals surface area (Å²) >= 11 is 0. The van der Waals surface area contributed by atoms with Crippen LogP contribution >= 0.6 is 24.8 Å². The summed E-state index contributed by atoms with van der Waals surface area (Å²) in [5, 5.41) is 0. The first-order valence-corrected chi connectivity index (χ1v) is 5.40. The number of hydrogen-bond acceptors (Lipinski definition) is 3. The fourth-order valence-corrected chi connectivity index (χ4v) is 2.43. The molecule has 15 heavy (non-hydrogen) atoms. The van der Waals surface area contributed by atoms with Crippen LogP contribution < -0.4 is 5.73 Å². The molecule has 3 nitrogen and oxygen atoms in total. The monoisotopic (exact) mass is 256 g/mol. The van der Waals surface area contributed by atoms with Crippen LogP contribution in [0.2, 0.25) is 0 Å². The van der Waals surface area contributed by atoms with Crippen LogP contribution in [-0.2, 0) is 4.74 Å². The van der Waals surface area contributed by atoms with Gasteiger partial charge in [-0.25, -0.2) is 0 Å². The van der Waals surface area contributed by atoms with Gasteiger partial charge in [0.15, 0.2) is 0 Å². The molecule has 1 heterocycles. The Morgan fingerprint density at radius 1 is 1.13 bits per heavy atom. The second-order valence-corrected chi connectivity index (χ2v) is 4.35. The van der Waals surface area contributed by atoms with Crippen LogP contribution in [0.25, 0.3) is 0 Å². The summed E-state index contributed by atoms with van der Waals surface area (Å²) in [6, 6.07) is 0.478. The third kappa shape index (κ3) is 4.87. The van der Waals surface area contributed by atoms with Crippen molar-refractivity contribution in [3.8, 4) is 0 Å². The molecule has 0 unspecified atom stereocenters. The fourth-order valence-electron chi connectivity index (χ4n) is 2.43. The van der Waals surface area contributed by atoms with Crippen molar-refractivity contribution in [2.75, 3.05) is 32.8 Å².